The van der Waals surface area contributed by atoms with E-state index in [1.54, 1.807) is 0 Å². The molecule has 3 aliphatic rings. The lowest BCUT2D eigenvalue weighted by atomic mass is 9.86. The molecule has 0 amide bonds. The summed E-state index contributed by atoms with van der Waals surface area (Å²) < 4.78 is 4.85. The normalized spacial score (nSPS) is 18.6. The van der Waals surface area contributed by atoms with Gasteiger partial charge in [0.05, 0.1) is 22.1 Å². The number of aryl methyl sites for hydroxylation is 1. The number of hydrogen-bond donors (Lipinski definition) is 0. The SMILES string of the molecule is Cc1cc2c(cc1-c1ccccc1)C1CC(N3CCCCCCC(C)c4ccccc43)CCCC1N2c1cc(-n2c3ccc(-c4ccccc4)cc3c3cc(-n4c5ccccc5c5ccccc54)ccc32)nc(-c2ccccc2)n1. The van der Waals surface area contributed by atoms with Crippen molar-refractivity contribution in [1.29, 1.82) is 0 Å². The first-order valence-electron chi connectivity index (χ1n) is 29.4. The van der Waals surface area contributed by atoms with E-state index < -0.39 is 0 Å². The summed E-state index contributed by atoms with van der Waals surface area (Å²) in [6.45, 7) is 5.87. The van der Waals surface area contributed by atoms with E-state index in [2.05, 4.69) is 251 Å². The van der Waals surface area contributed by atoms with E-state index in [0.29, 0.717) is 17.9 Å². The van der Waals surface area contributed by atoms with E-state index in [1.807, 2.05) is 0 Å². The Morgan fingerprint density at radius 2 is 1.05 bits per heavy atom. The lowest BCUT2D eigenvalue weighted by Crippen LogP contribution is -2.38. The molecule has 5 heterocycles. The van der Waals surface area contributed by atoms with Crippen molar-refractivity contribution < 1.29 is 0 Å². The maximum absolute atomic E-state index is 5.72. The summed E-state index contributed by atoms with van der Waals surface area (Å²) in [4.78, 5) is 16.9. The predicted octanol–water partition coefficient (Wildman–Crippen LogP) is 19.1. The van der Waals surface area contributed by atoms with Crippen molar-refractivity contribution in [2.45, 2.75) is 95.6 Å². The summed E-state index contributed by atoms with van der Waals surface area (Å²) in [6, 6.07) is 81.6. The fourth-order valence-electron chi connectivity index (χ4n) is 14.6. The zero-order chi connectivity index (χ0) is 53.3. The highest BCUT2D eigenvalue weighted by atomic mass is 15.3. The van der Waals surface area contributed by atoms with Crippen LogP contribution in [0.4, 0.5) is 17.2 Å². The highest BCUT2D eigenvalue weighted by Crippen LogP contribution is 2.53. The standard InChI is InChI=1S/C74H66N6/c1-49-23-8-3-4-21-42-77(65-34-18-15-31-57(49)65)55-30-22-37-68-62(45-55)64-47-60(52-26-11-6-12-27-52)50(2)43-71(64)80(68)73-48-72(75-74(76-73)53-28-13-7-14-29-53)79-69-40-38-54(51-24-9-5-10-25-51)44-61(69)63-46-56(39-41-70(63)79)78-66-35-19-16-32-58(66)59-33-17-20-36-67(59)78/h5-7,9-20,24-29,31-36,38-41,43-44,46-49,55,62,68H,3-4,8,21-23,30,37,42,45H2,1-2H3. The zero-order valence-corrected chi connectivity index (χ0v) is 45.8. The van der Waals surface area contributed by atoms with Crippen LogP contribution < -0.4 is 9.80 Å². The van der Waals surface area contributed by atoms with Crippen LogP contribution in [0.5, 0.6) is 0 Å². The fraction of sp³-hybridized carbons (Fsp3) is 0.216. The Kier molecular flexibility index (Phi) is 12.2. The summed E-state index contributed by atoms with van der Waals surface area (Å²) in [6.07, 6.45) is 10.9. The topological polar surface area (TPSA) is 42.1 Å². The minimum absolute atomic E-state index is 0.210. The highest BCUT2D eigenvalue weighted by molar-refractivity contribution is 6.13. The minimum Gasteiger partial charge on any atom is -0.368 e. The number of aromatic nitrogens is 4. The van der Waals surface area contributed by atoms with Crippen molar-refractivity contribution in [2.75, 3.05) is 16.3 Å². The van der Waals surface area contributed by atoms with Gasteiger partial charge in [-0.1, -0.05) is 178 Å². The molecule has 1 fully saturated rings. The van der Waals surface area contributed by atoms with Crippen LogP contribution in [0.15, 0.2) is 218 Å². The summed E-state index contributed by atoms with van der Waals surface area (Å²) in [5, 5.41) is 4.87. The van der Waals surface area contributed by atoms with Crippen LogP contribution in [-0.2, 0) is 0 Å². The van der Waals surface area contributed by atoms with Gasteiger partial charge in [0.2, 0.25) is 0 Å². The van der Waals surface area contributed by atoms with Crippen molar-refractivity contribution in [3.8, 4) is 45.1 Å². The molecule has 4 atom stereocenters. The molecular weight excluding hydrogens is 973 g/mol. The van der Waals surface area contributed by atoms with Crippen molar-refractivity contribution in [3.63, 3.8) is 0 Å². The Balaban J connectivity index is 0.929. The van der Waals surface area contributed by atoms with Crippen LogP contribution >= 0.6 is 0 Å². The molecule has 0 saturated heterocycles. The second-order valence-electron chi connectivity index (χ2n) is 23.1. The largest absolute Gasteiger partial charge is 0.368 e. The van der Waals surface area contributed by atoms with Gasteiger partial charge in [-0.2, -0.15) is 0 Å². The molecular formula is C74H66N6. The number of rotatable bonds is 7. The molecule has 6 nitrogen and oxygen atoms in total. The molecule has 1 saturated carbocycles. The number of benzene rings is 9. The minimum atomic E-state index is 0.210. The van der Waals surface area contributed by atoms with Crippen LogP contribution in [0.1, 0.15) is 93.2 Å². The monoisotopic (exact) mass is 1040 g/mol. The maximum atomic E-state index is 5.72. The van der Waals surface area contributed by atoms with Gasteiger partial charge in [0.1, 0.15) is 11.6 Å². The lowest BCUT2D eigenvalue weighted by Gasteiger charge is -2.38. The first kappa shape index (κ1) is 48.4. The van der Waals surface area contributed by atoms with Gasteiger partial charge in [0.25, 0.3) is 0 Å². The molecule has 4 unspecified atom stereocenters. The summed E-state index contributed by atoms with van der Waals surface area (Å²) >= 11 is 0. The van der Waals surface area contributed by atoms with Gasteiger partial charge in [-0.25, -0.2) is 9.97 Å². The van der Waals surface area contributed by atoms with Crippen LogP contribution in [0.25, 0.3) is 88.8 Å². The molecule has 6 heteroatoms. The molecule has 3 aromatic heterocycles. The van der Waals surface area contributed by atoms with Crippen molar-refractivity contribution in [1.82, 2.24) is 19.1 Å². The maximum Gasteiger partial charge on any atom is 0.163 e. The van der Waals surface area contributed by atoms with Gasteiger partial charge >= 0.3 is 0 Å². The Bertz CT molecular complexity index is 4220. The third-order valence-corrected chi connectivity index (χ3v) is 18.4. The number of hydrogen-bond acceptors (Lipinski definition) is 4. The van der Waals surface area contributed by atoms with E-state index >= 15 is 0 Å². The summed E-state index contributed by atoms with van der Waals surface area (Å²) in [5.41, 5.74) is 18.7. The van der Waals surface area contributed by atoms with Crippen molar-refractivity contribution in [3.05, 3.63) is 235 Å². The van der Waals surface area contributed by atoms with E-state index in [0.717, 1.165) is 65.6 Å². The van der Waals surface area contributed by atoms with E-state index in [9.17, 15) is 0 Å². The average Bonchev–Trinajstić information content (AvgIpc) is 4.12. The Morgan fingerprint density at radius 1 is 0.425 bits per heavy atom. The Morgan fingerprint density at radius 3 is 1.81 bits per heavy atom. The lowest BCUT2D eigenvalue weighted by molar-refractivity contribution is 0.465. The zero-order valence-electron chi connectivity index (χ0n) is 45.8. The number of nitrogens with zero attached hydrogens (tertiary/aromatic N) is 6. The van der Waals surface area contributed by atoms with Crippen LogP contribution in [0, 0.1) is 6.92 Å². The Hall–Kier alpha value is -8.74. The molecule has 0 N–H and O–H groups in total. The average molecular weight is 1040 g/mol. The first-order chi connectivity index (χ1) is 39.5. The third-order valence-electron chi connectivity index (χ3n) is 18.4. The number of para-hydroxylation sites is 3. The molecule has 392 valence electrons. The number of fused-ring (bicyclic) bond motifs is 10. The molecule has 0 radical (unpaired) electrons. The van der Waals surface area contributed by atoms with Gasteiger partial charge in [-0.3, -0.25) is 4.57 Å². The van der Waals surface area contributed by atoms with E-state index in [1.165, 1.54) is 121 Å². The Labute approximate surface area is 469 Å². The molecule has 9 aromatic carbocycles. The van der Waals surface area contributed by atoms with Crippen LogP contribution in [-0.4, -0.2) is 37.7 Å². The molecule has 2 aliphatic heterocycles. The van der Waals surface area contributed by atoms with Crippen molar-refractivity contribution in [2.24, 2.45) is 0 Å². The molecule has 80 heavy (non-hydrogen) atoms. The van der Waals surface area contributed by atoms with Gasteiger partial charge in [-0.15, -0.1) is 0 Å². The molecule has 1 aliphatic carbocycles. The molecule has 0 spiro atoms. The summed E-state index contributed by atoms with van der Waals surface area (Å²) in [7, 11) is 0. The van der Waals surface area contributed by atoms with Crippen LogP contribution in [0.2, 0.25) is 0 Å². The predicted molar refractivity (Wildman–Crippen MR) is 334 cm³/mol. The molecule has 15 rings (SSSR count). The smallest absolute Gasteiger partial charge is 0.163 e. The second kappa shape index (κ2) is 20.2. The summed E-state index contributed by atoms with van der Waals surface area (Å²) in [5.74, 6) is 3.37. The van der Waals surface area contributed by atoms with E-state index in [-0.39, 0.29) is 6.04 Å². The second-order valence-corrected chi connectivity index (χ2v) is 23.1. The van der Waals surface area contributed by atoms with Gasteiger partial charge < -0.3 is 14.4 Å². The van der Waals surface area contributed by atoms with Gasteiger partial charge in [-0.05, 0) is 151 Å². The molecule has 12 aromatic rings. The highest BCUT2D eigenvalue weighted by Gasteiger charge is 2.44. The first-order valence-corrected chi connectivity index (χ1v) is 29.4. The van der Waals surface area contributed by atoms with Gasteiger partial charge in [0.15, 0.2) is 5.82 Å². The van der Waals surface area contributed by atoms with E-state index in [4.69, 9.17) is 9.97 Å². The van der Waals surface area contributed by atoms with Crippen molar-refractivity contribution >= 4 is 60.8 Å². The number of anilines is 3. The fourth-order valence-corrected chi connectivity index (χ4v) is 14.6. The molecule has 0 bridgehead atoms. The van der Waals surface area contributed by atoms with Gasteiger partial charge in [0, 0.05) is 74.8 Å². The third kappa shape index (κ3) is 8.29. The quantitative estimate of drug-likeness (QED) is 0.160. The van der Waals surface area contributed by atoms with Crippen LogP contribution in [0.3, 0.4) is 0 Å².